The van der Waals surface area contributed by atoms with Crippen LogP contribution in [0.1, 0.15) is 6.42 Å². The van der Waals surface area contributed by atoms with Crippen molar-refractivity contribution >= 4 is 28.7 Å². The number of aromatic amines is 1. The molecule has 0 bridgehead atoms. The molecule has 0 radical (unpaired) electrons. The molecule has 0 fully saturated rings. The molecule has 7 nitrogen and oxygen atoms in total. The largest absolute Gasteiger partial charge is 0.481 e. The third-order valence-electron chi connectivity index (χ3n) is 2.30. The lowest BCUT2D eigenvalue weighted by atomic mass is 10.3. The molecule has 0 aliphatic carbocycles. The number of amides is 2. The van der Waals surface area contributed by atoms with Crippen LogP contribution in [0.2, 0.25) is 0 Å². The van der Waals surface area contributed by atoms with Gasteiger partial charge in [-0.3, -0.25) is 4.79 Å². The van der Waals surface area contributed by atoms with Gasteiger partial charge in [0, 0.05) is 12.2 Å². The number of nitrogens with one attached hydrogen (secondary N) is 3. The number of H-pyrrole nitrogens is 1. The van der Waals surface area contributed by atoms with E-state index in [0.717, 1.165) is 11.0 Å². The molecular weight excluding hydrogens is 236 g/mol. The second-order valence-electron chi connectivity index (χ2n) is 3.66. The average Bonchev–Trinajstić information content (AvgIpc) is 2.75. The number of rotatable bonds is 4. The van der Waals surface area contributed by atoms with Gasteiger partial charge in [-0.25, -0.2) is 9.78 Å². The van der Waals surface area contributed by atoms with Crippen LogP contribution in [0, 0.1) is 0 Å². The number of carbonyl (C=O) groups is 2. The van der Waals surface area contributed by atoms with Crippen molar-refractivity contribution < 1.29 is 14.7 Å². The number of carboxylic acid groups (broad SMARTS) is 1. The molecule has 0 aliphatic heterocycles. The van der Waals surface area contributed by atoms with Gasteiger partial charge in [0.2, 0.25) is 0 Å². The number of fused-ring (bicyclic) bond motifs is 1. The fraction of sp³-hybridized carbons (Fsp3) is 0.182. The first-order chi connectivity index (χ1) is 8.65. The van der Waals surface area contributed by atoms with Crippen LogP contribution in [0.3, 0.4) is 0 Å². The SMILES string of the molecule is O=C(O)CCNC(=O)Nc1ccc2nc[nH]c2c1. The van der Waals surface area contributed by atoms with Crippen LogP contribution < -0.4 is 10.6 Å². The fourth-order valence-corrected chi connectivity index (χ4v) is 1.47. The summed E-state index contributed by atoms with van der Waals surface area (Å²) in [5.41, 5.74) is 2.24. The lowest BCUT2D eigenvalue weighted by Crippen LogP contribution is -2.30. The molecule has 4 N–H and O–H groups in total. The van der Waals surface area contributed by atoms with Crippen LogP contribution in [-0.2, 0) is 4.79 Å². The number of imidazole rings is 1. The predicted molar refractivity (Wildman–Crippen MR) is 65.4 cm³/mol. The van der Waals surface area contributed by atoms with Crippen LogP contribution >= 0.6 is 0 Å². The van der Waals surface area contributed by atoms with Crippen molar-refractivity contribution in [2.24, 2.45) is 0 Å². The smallest absolute Gasteiger partial charge is 0.319 e. The molecule has 2 amide bonds. The molecule has 2 rings (SSSR count). The third kappa shape index (κ3) is 2.97. The van der Waals surface area contributed by atoms with Gasteiger partial charge in [0.1, 0.15) is 0 Å². The minimum absolute atomic E-state index is 0.0907. The fourth-order valence-electron chi connectivity index (χ4n) is 1.47. The summed E-state index contributed by atoms with van der Waals surface area (Å²) in [4.78, 5) is 28.7. The van der Waals surface area contributed by atoms with Gasteiger partial charge in [-0.05, 0) is 18.2 Å². The number of carbonyl (C=O) groups excluding carboxylic acids is 1. The van der Waals surface area contributed by atoms with E-state index in [1.165, 1.54) is 0 Å². The molecule has 94 valence electrons. The van der Waals surface area contributed by atoms with Crippen molar-refractivity contribution in [3.8, 4) is 0 Å². The Kier molecular flexibility index (Phi) is 3.42. The van der Waals surface area contributed by atoms with Crippen molar-refractivity contribution in [1.29, 1.82) is 0 Å². The summed E-state index contributed by atoms with van der Waals surface area (Å²) >= 11 is 0. The zero-order valence-corrected chi connectivity index (χ0v) is 9.43. The Labute approximate surface area is 102 Å². The summed E-state index contributed by atoms with van der Waals surface area (Å²) in [7, 11) is 0. The summed E-state index contributed by atoms with van der Waals surface area (Å²) in [5, 5.41) is 13.5. The molecule has 0 saturated heterocycles. The van der Waals surface area contributed by atoms with E-state index < -0.39 is 12.0 Å². The minimum atomic E-state index is -0.950. The first-order valence-corrected chi connectivity index (χ1v) is 5.35. The number of aliphatic carboxylic acids is 1. The van der Waals surface area contributed by atoms with Gasteiger partial charge < -0.3 is 20.7 Å². The normalized spacial score (nSPS) is 10.2. The molecule has 2 aromatic rings. The number of hydrogen-bond acceptors (Lipinski definition) is 3. The first kappa shape index (κ1) is 11.9. The van der Waals surface area contributed by atoms with E-state index in [9.17, 15) is 9.59 Å². The maximum Gasteiger partial charge on any atom is 0.319 e. The molecule has 1 aromatic carbocycles. The summed E-state index contributed by atoms with van der Waals surface area (Å²) in [5.74, 6) is -0.950. The Morgan fingerprint density at radius 3 is 3.00 bits per heavy atom. The molecular formula is C11H12N4O3. The van der Waals surface area contributed by atoms with Gasteiger partial charge >= 0.3 is 12.0 Å². The third-order valence-corrected chi connectivity index (χ3v) is 2.30. The van der Waals surface area contributed by atoms with Crippen LogP contribution in [0.4, 0.5) is 10.5 Å². The molecule has 0 aliphatic rings. The molecule has 7 heteroatoms. The van der Waals surface area contributed by atoms with Gasteiger partial charge in [0.15, 0.2) is 0 Å². The van der Waals surface area contributed by atoms with E-state index in [0.29, 0.717) is 5.69 Å². The van der Waals surface area contributed by atoms with Gasteiger partial charge in [0.05, 0.1) is 23.8 Å². The lowest BCUT2D eigenvalue weighted by Gasteiger charge is -2.06. The maximum absolute atomic E-state index is 11.4. The summed E-state index contributed by atoms with van der Waals surface area (Å²) < 4.78 is 0. The van der Waals surface area contributed by atoms with E-state index in [1.807, 2.05) is 0 Å². The van der Waals surface area contributed by atoms with Gasteiger partial charge in [-0.2, -0.15) is 0 Å². The zero-order valence-electron chi connectivity index (χ0n) is 9.43. The Hall–Kier alpha value is -2.57. The van der Waals surface area contributed by atoms with Gasteiger partial charge in [-0.15, -0.1) is 0 Å². The quantitative estimate of drug-likeness (QED) is 0.651. The van der Waals surface area contributed by atoms with E-state index in [-0.39, 0.29) is 13.0 Å². The molecule has 0 atom stereocenters. The van der Waals surface area contributed by atoms with Crippen molar-refractivity contribution in [2.75, 3.05) is 11.9 Å². The van der Waals surface area contributed by atoms with Crippen molar-refractivity contribution in [3.63, 3.8) is 0 Å². The number of nitrogens with zero attached hydrogens (tertiary/aromatic N) is 1. The van der Waals surface area contributed by atoms with Crippen LogP contribution in [-0.4, -0.2) is 33.6 Å². The highest BCUT2D eigenvalue weighted by Crippen LogP contribution is 2.15. The maximum atomic E-state index is 11.4. The Morgan fingerprint density at radius 1 is 1.39 bits per heavy atom. The van der Waals surface area contributed by atoms with Crippen molar-refractivity contribution in [1.82, 2.24) is 15.3 Å². The van der Waals surface area contributed by atoms with Gasteiger partial charge in [0.25, 0.3) is 0 Å². The first-order valence-electron chi connectivity index (χ1n) is 5.35. The monoisotopic (exact) mass is 248 g/mol. The predicted octanol–water partition coefficient (Wildman–Crippen LogP) is 1.16. The number of aromatic nitrogens is 2. The van der Waals surface area contributed by atoms with Crippen molar-refractivity contribution in [3.05, 3.63) is 24.5 Å². The van der Waals surface area contributed by atoms with E-state index >= 15 is 0 Å². The highest BCUT2D eigenvalue weighted by atomic mass is 16.4. The number of anilines is 1. The molecule has 1 aromatic heterocycles. The molecule has 0 saturated carbocycles. The minimum Gasteiger partial charge on any atom is -0.481 e. The number of urea groups is 1. The summed E-state index contributed by atoms with van der Waals surface area (Å²) in [6.07, 6.45) is 1.47. The Morgan fingerprint density at radius 2 is 2.22 bits per heavy atom. The second kappa shape index (κ2) is 5.17. The van der Waals surface area contributed by atoms with Crippen LogP contribution in [0.5, 0.6) is 0 Å². The zero-order chi connectivity index (χ0) is 13.0. The average molecular weight is 248 g/mol. The van der Waals surface area contributed by atoms with E-state index in [2.05, 4.69) is 20.6 Å². The highest BCUT2D eigenvalue weighted by Gasteiger charge is 2.04. The van der Waals surface area contributed by atoms with E-state index in [4.69, 9.17) is 5.11 Å². The molecule has 0 spiro atoms. The van der Waals surface area contributed by atoms with E-state index in [1.54, 1.807) is 24.5 Å². The summed E-state index contributed by atoms with van der Waals surface area (Å²) in [6.45, 7) is 0.0907. The Balaban J connectivity index is 1.91. The Bertz CT molecular complexity index is 578. The van der Waals surface area contributed by atoms with Crippen LogP contribution in [0.15, 0.2) is 24.5 Å². The standard InChI is InChI=1S/C11H12N4O3/c16-10(17)3-4-12-11(18)15-7-1-2-8-9(5-7)14-6-13-8/h1-2,5-6H,3-4H2,(H,13,14)(H,16,17)(H2,12,15,18). The van der Waals surface area contributed by atoms with Gasteiger partial charge in [-0.1, -0.05) is 0 Å². The van der Waals surface area contributed by atoms with Crippen LogP contribution in [0.25, 0.3) is 11.0 Å². The molecule has 0 unspecified atom stereocenters. The topological polar surface area (TPSA) is 107 Å². The number of carboxylic acids is 1. The molecule has 1 heterocycles. The highest BCUT2D eigenvalue weighted by molar-refractivity contribution is 5.91. The second-order valence-corrected chi connectivity index (χ2v) is 3.66. The lowest BCUT2D eigenvalue weighted by molar-refractivity contribution is -0.136. The summed E-state index contributed by atoms with van der Waals surface area (Å²) in [6, 6.07) is 4.81. The number of benzene rings is 1. The number of hydrogen-bond donors (Lipinski definition) is 4. The molecule has 18 heavy (non-hydrogen) atoms. The van der Waals surface area contributed by atoms with Crippen molar-refractivity contribution in [2.45, 2.75) is 6.42 Å².